The number of benzene rings is 1. The zero-order chi connectivity index (χ0) is 29.0. The Hall–Kier alpha value is -0.120. The smallest absolute Gasteiger partial charge is 0.651 e. The summed E-state index contributed by atoms with van der Waals surface area (Å²) in [6.45, 7) is 1.35. The molecule has 1 aliphatic rings. The molecular weight excluding hydrogens is 687 g/mol. The molecule has 0 atom stereocenters. The molecule has 42 heavy (non-hydrogen) atoms. The molecule has 1 aromatic carbocycles. The van der Waals surface area contributed by atoms with Gasteiger partial charge in [0.05, 0.1) is 18.4 Å². The van der Waals surface area contributed by atoms with Gasteiger partial charge in [-0.3, -0.25) is 4.79 Å². The van der Waals surface area contributed by atoms with Crippen LogP contribution in [0.1, 0.15) is 76.0 Å². The maximum atomic E-state index is 12.9. The number of amides is 3. The monoisotopic (exact) mass is 728 g/mol. The number of Topliss-reactive ketones (excluding diaryl/α,β-unsaturated/α-hetero) is 1. The quantitative estimate of drug-likeness (QED) is 0.0787. The molecule has 3 amide bonds. The van der Waals surface area contributed by atoms with Gasteiger partial charge in [-0.1, -0.05) is 30.7 Å². The summed E-state index contributed by atoms with van der Waals surface area (Å²) in [6, 6.07) is 6.47. The summed E-state index contributed by atoms with van der Waals surface area (Å²) in [5.41, 5.74) is 2.69. The number of alkyl carbamates (subject to hydrolysis) is 1. The number of unbranched alkanes of at least 4 members (excludes halogenated alkanes) is 3. The summed E-state index contributed by atoms with van der Waals surface area (Å²) >= 11 is 0. The van der Waals surface area contributed by atoms with Crippen LogP contribution in [0, 0.1) is 0 Å². The molecule has 1 aromatic rings. The van der Waals surface area contributed by atoms with E-state index in [0.717, 1.165) is 62.5 Å². The van der Waals surface area contributed by atoms with Gasteiger partial charge < -0.3 is 45.1 Å². The molecule has 2 rings (SSSR count). The summed E-state index contributed by atoms with van der Waals surface area (Å²) in [4.78, 5) is 58.7. The number of allylic oxidation sites excluding steroid dienone is 2. The van der Waals surface area contributed by atoms with Crippen molar-refractivity contribution in [1.82, 2.24) is 10.6 Å². The van der Waals surface area contributed by atoms with Gasteiger partial charge in [-0.15, -0.1) is 12.2 Å². The van der Waals surface area contributed by atoms with Crippen LogP contribution in [0.3, 0.4) is 0 Å². The summed E-state index contributed by atoms with van der Waals surface area (Å²) in [6.07, 6.45) is 7.13. The fraction of sp³-hybridized carbons (Fsp3) is 0.552. The van der Waals surface area contributed by atoms with Crippen LogP contribution in [0.4, 0.5) is 10.5 Å². The van der Waals surface area contributed by atoms with E-state index < -0.39 is 24.3 Å². The fourth-order valence-electron chi connectivity index (χ4n) is 4.10. The van der Waals surface area contributed by atoms with Gasteiger partial charge >= 0.3 is 122 Å². The predicted molar refractivity (Wildman–Crippen MR) is 153 cm³/mol. The topological polar surface area (TPSA) is 156 Å². The number of nitrogens with one attached hydrogen (secondary N) is 2. The molecule has 0 aliphatic heterocycles. The normalized spacial score (nSPS) is 12.2. The number of hydrogen-bond donors (Lipinski definition) is 2. The van der Waals surface area contributed by atoms with Crippen molar-refractivity contribution in [2.45, 2.75) is 64.2 Å². The molecule has 0 saturated carbocycles. The second-order valence-corrected chi connectivity index (χ2v) is 9.29. The molecule has 11 nitrogen and oxygen atoms in total. The molecule has 0 unspecified atom stereocenters. The van der Waals surface area contributed by atoms with Gasteiger partial charge in [0.15, 0.2) is 5.78 Å². The first kappa shape index (κ1) is 41.9. The van der Waals surface area contributed by atoms with E-state index >= 15 is 0 Å². The molecule has 0 saturated heterocycles. The second kappa shape index (κ2) is 26.1. The van der Waals surface area contributed by atoms with E-state index in [-0.39, 0.29) is 143 Å². The first-order valence-corrected chi connectivity index (χ1v) is 13.9. The van der Waals surface area contributed by atoms with Crippen molar-refractivity contribution in [1.29, 1.82) is 0 Å². The summed E-state index contributed by atoms with van der Waals surface area (Å²) in [7, 11) is 1.83. The van der Waals surface area contributed by atoms with Gasteiger partial charge in [-0.05, 0) is 38.5 Å². The van der Waals surface area contributed by atoms with Crippen LogP contribution < -0.4 is 127 Å². The van der Waals surface area contributed by atoms with Crippen molar-refractivity contribution in [3.05, 3.63) is 51.7 Å². The Morgan fingerprint density at radius 1 is 0.929 bits per heavy atom. The van der Waals surface area contributed by atoms with E-state index in [1.54, 1.807) is 24.3 Å². The molecule has 0 fully saturated rings. The molecule has 0 spiro atoms. The maximum Gasteiger partial charge on any atom is 1.00 e. The Morgan fingerprint density at radius 3 is 2.38 bits per heavy atom. The third-order valence-electron chi connectivity index (χ3n) is 6.19. The number of aldehydes is 1. The molecule has 2 N–H and O–H groups in total. The number of nitrogens with zero attached hydrogens (tertiary/aromatic N) is 2. The van der Waals surface area contributed by atoms with Crippen LogP contribution in [-0.4, -0.2) is 69.9 Å². The Kier molecular flexibility index (Phi) is 26.1. The summed E-state index contributed by atoms with van der Waals surface area (Å²) in [5, 5.41) is 13.5. The molecular formula is C29H42N4O7Rb2. The van der Waals surface area contributed by atoms with Crippen molar-refractivity contribution in [3.8, 4) is 0 Å². The molecule has 13 heteroatoms. The number of rotatable bonds is 19. The van der Waals surface area contributed by atoms with Crippen molar-refractivity contribution >= 4 is 35.7 Å². The number of carbonyl (C=O) groups excluding carboxylic acids is 5. The average Bonchev–Trinajstić information content (AvgIpc) is 2.96. The van der Waals surface area contributed by atoms with Gasteiger partial charge in [0, 0.05) is 64.3 Å². The van der Waals surface area contributed by atoms with E-state index in [1.165, 1.54) is 0 Å². The Balaban J connectivity index is 0. The summed E-state index contributed by atoms with van der Waals surface area (Å²) < 4.78 is 10.4. The first-order valence-electron chi connectivity index (χ1n) is 13.9. The molecule has 0 heterocycles. The number of ketones is 1. The zero-order valence-corrected chi connectivity index (χ0v) is 35.1. The van der Waals surface area contributed by atoms with Crippen molar-refractivity contribution in [3.63, 3.8) is 0 Å². The van der Waals surface area contributed by atoms with E-state index in [2.05, 4.69) is 21.3 Å². The Morgan fingerprint density at radius 2 is 1.67 bits per heavy atom. The molecule has 0 bridgehead atoms. The van der Waals surface area contributed by atoms with E-state index in [9.17, 15) is 24.0 Å². The maximum absolute atomic E-state index is 12.9. The largest absolute Gasteiger partial charge is 1.00 e. The Bertz CT molecular complexity index is 1030. The zero-order valence-electron chi connectivity index (χ0n) is 25.2. The van der Waals surface area contributed by atoms with Crippen LogP contribution in [-0.2, 0) is 23.9 Å². The third-order valence-corrected chi connectivity index (χ3v) is 6.19. The van der Waals surface area contributed by atoms with Gasteiger partial charge in [-0.25, -0.2) is 4.79 Å². The molecule has 222 valence electrons. The standard InChI is InChI=1S/C29H42N4O7.2Rb.H2/c1-30-25-10-5-4-9-24(25)28(37)22-11-13-23(14-12-22)33-27(36)21-26(35)31-16-20-39-18-8-19-40-29(38)32-15-6-2-3-7-17-34;;;/h11-14,17H,2-10,15-16,18-21H2,1H3,(H4,30,31,32,33,35,36,37,38);;;1H/q;2*+1;/p-2. The Labute approximate surface area is 347 Å². The minimum atomic E-state index is -0.613. The van der Waals surface area contributed by atoms with Crippen LogP contribution in [0.5, 0.6) is 0 Å². The van der Waals surface area contributed by atoms with Crippen LogP contribution in [0.25, 0.3) is 10.6 Å². The van der Waals surface area contributed by atoms with Gasteiger partial charge in [0.2, 0.25) is 0 Å². The second-order valence-electron chi connectivity index (χ2n) is 9.29. The van der Waals surface area contributed by atoms with Crippen LogP contribution in [0.2, 0.25) is 0 Å². The number of carbonyl (C=O) groups is 5. The van der Waals surface area contributed by atoms with Crippen molar-refractivity contribution in [2.75, 3.05) is 40.0 Å². The molecule has 0 aromatic heterocycles. The molecule has 1 aliphatic carbocycles. The molecule has 0 radical (unpaired) electrons. The minimum absolute atomic E-state index is 0. The first-order chi connectivity index (χ1) is 19.4. The number of ether oxygens (including phenoxy) is 2. The summed E-state index contributed by atoms with van der Waals surface area (Å²) in [5.74, 6) is -1.22. The van der Waals surface area contributed by atoms with Gasteiger partial charge in [0.25, 0.3) is 0 Å². The average molecular weight is 730 g/mol. The van der Waals surface area contributed by atoms with E-state index in [0.29, 0.717) is 37.2 Å². The third kappa shape index (κ3) is 18.0. The van der Waals surface area contributed by atoms with E-state index in [4.69, 9.17) is 9.47 Å². The number of hydrogen-bond acceptors (Lipinski definition) is 8. The van der Waals surface area contributed by atoms with Gasteiger partial charge in [0.1, 0.15) is 6.29 Å². The van der Waals surface area contributed by atoms with Crippen LogP contribution in [0.15, 0.2) is 35.5 Å². The van der Waals surface area contributed by atoms with Crippen molar-refractivity contribution < 1.29 is 151 Å². The fourth-order valence-corrected chi connectivity index (χ4v) is 4.10. The van der Waals surface area contributed by atoms with E-state index in [1.807, 2.05) is 7.05 Å². The van der Waals surface area contributed by atoms with Crippen molar-refractivity contribution in [2.24, 2.45) is 0 Å². The minimum Gasteiger partial charge on any atom is -0.651 e. The van der Waals surface area contributed by atoms with Gasteiger partial charge in [-0.2, -0.15) is 0 Å². The predicted octanol–water partition coefficient (Wildman–Crippen LogP) is -1.11. The van der Waals surface area contributed by atoms with Crippen LogP contribution >= 0.6 is 0 Å². The SMILES string of the molecule is CNC1=C(C(=O)c2ccc([N-]C(=O)CC(=O)[N-]CCOCCCOC(=O)NCCCCCC=O)cc2)CCCC1.[HH].[Rb+].[Rb+].